The van der Waals surface area contributed by atoms with E-state index in [0.29, 0.717) is 19.8 Å². The standard InChI is InChI=1S/C13H27N3O3.HI/c1-3-14-12(15-6-9-18-2)16-10-13(4-7-17)5-8-19-11-13;/h17H,3-11H2,1-2H3,(H2,14,15,16);1H. The Labute approximate surface area is 138 Å². The van der Waals surface area contributed by atoms with Crippen molar-refractivity contribution in [3.8, 4) is 0 Å². The number of hydrogen-bond donors (Lipinski definition) is 3. The number of methoxy groups -OCH3 is 1. The lowest BCUT2D eigenvalue weighted by Gasteiger charge is -2.24. The minimum Gasteiger partial charge on any atom is -0.396 e. The van der Waals surface area contributed by atoms with E-state index < -0.39 is 0 Å². The van der Waals surface area contributed by atoms with Gasteiger partial charge >= 0.3 is 0 Å². The molecule has 1 aliphatic heterocycles. The number of aliphatic hydroxyl groups is 1. The van der Waals surface area contributed by atoms with Gasteiger partial charge in [-0.3, -0.25) is 4.99 Å². The maximum absolute atomic E-state index is 9.18. The van der Waals surface area contributed by atoms with Crippen LogP contribution in [0.5, 0.6) is 0 Å². The van der Waals surface area contributed by atoms with Crippen LogP contribution in [-0.4, -0.2) is 64.2 Å². The highest BCUT2D eigenvalue weighted by atomic mass is 127. The van der Waals surface area contributed by atoms with Gasteiger partial charge < -0.3 is 25.2 Å². The molecule has 1 atom stereocenters. The molecule has 7 heteroatoms. The van der Waals surface area contributed by atoms with Crippen LogP contribution >= 0.6 is 24.0 Å². The van der Waals surface area contributed by atoms with Gasteiger partial charge in [-0.15, -0.1) is 24.0 Å². The van der Waals surface area contributed by atoms with Crippen LogP contribution in [0.1, 0.15) is 19.8 Å². The Morgan fingerprint density at radius 3 is 2.80 bits per heavy atom. The summed E-state index contributed by atoms with van der Waals surface area (Å²) in [6.07, 6.45) is 1.71. The first-order valence-electron chi connectivity index (χ1n) is 6.96. The van der Waals surface area contributed by atoms with E-state index >= 15 is 0 Å². The molecular weight excluding hydrogens is 373 g/mol. The summed E-state index contributed by atoms with van der Waals surface area (Å²) in [6.45, 7) is 6.55. The predicted octanol–water partition coefficient (Wildman–Crippen LogP) is 0.595. The first-order chi connectivity index (χ1) is 9.26. The molecule has 1 heterocycles. The van der Waals surface area contributed by atoms with Gasteiger partial charge in [0.2, 0.25) is 0 Å². The topological polar surface area (TPSA) is 75.1 Å². The fourth-order valence-corrected chi connectivity index (χ4v) is 2.15. The Bertz CT molecular complexity index is 272. The number of rotatable bonds is 8. The molecule has 1 unspecified atom stereocenters. The van der Waals surface area contributed by atoms with Gasteiger partial charge in [0.25, 0.3) is 0 Å². The maximum atomic E-state index is 9.18. The minimum absolute atomic E-state index is 0. The van der Waals surface area contributed by atoms with Crippen LogP contribution in [0.3, 0.4) is 0 Å². The first kappa shape index (κ1) is 19.9. The molecule has 1 saturated heterocycles. The molecule has 3 N–H and O–H groups in total. The lowest BCUT2D eigenvalue weighted by molar-refractivity contribution is 0.131. The number of nitrogens with zero attached hydrogens (tertiary/aromatic N) is 1. The van der Waals surface area contributed by atoms with Crippen LogP contribution < -0.4 is 10.6 Å². The molecule has 120 valence electrons. The van der Waals surface area contributed by atoms with Crippen molar-refractivity contribution in [1.82, 2.24) is 10.6 Å². The Balaban J connectivity index is 0.00000361. The number of hydrogen-bond acceptors (Lipinski definition) is 4. The fourth-order valence-electron chi connectivity index (χ4n) is 2.15. The van der Waals surface area contributed by atoms with Gasteiger partial charge in [-0.25, -0.2) is 0 Å². The molecule has 0 spiro atoms. The third-order valence-electron chi connectivity index (χ3n) is 3.34. The molecule has 0 aromatic heterocycles. The quantitative estimate of drug-likeness (QED) is 0.240. The van der Waals surface area contributed by atoms with Crippen molar-refractivity contribution >= 4 is 29.9 Å². The highest BCUT2D eigenvalue weighted by Crippen LogP contribution is 2.32. The van der Waals surface area contributed by atoms with E-state index in [2.05, 4.69) is 15.6 Å². The van der Waals surface area contributed by atoms with E-state index in [9.17, 15) is 5.11 Å². The van der Waals surface area contributed by atoms with E-state index in [1.807, 2.05) is 6.92 Å². The summed E-state index contributed by atoms with van der Waals surface area (Å²) in [5.74, 6) is 0.795. The largest absolute Gasteiger partial charge is 0.396 e. The summed E-state index contributed by atoms with van der Waals surface area (Å²) in [4.78, 5) is 4.61. The SMILES string of the molecule is CCNC(=NCC1(CCO)CCOC1)NCCOC.I. The maximum Gasteiger partial charge on any atom is 0.191 e. The predicted molar refractivity (Wildman–Crippen MR) is 90.8 cm³/mol. The summed E-state index contributed by atoms with van der Waals surface area (Å²) in [5, 5.41) is 15.6. The second kappa shape index (κ2) is 11.5. The first-order valence-corrected chi connectivity index (χ1v) is 6.96. The van der Waals surface area contributed by atoms with Gasteiger partial charge in [-0.1, -0.05) is 0 Å². The number of nitrogens with one attached hydrogen (secondary N) is 2. The number of aliphatic hydroxyl groups excluding tert-OH is 1. The molecule has 1 fully saturated rings. The Morgan fingerprint density at radius 1 is 1.45 bits per heavy atom. The van der Waals surface area contributed by atoms with E-state index in [-0.39, 0.29) is 36.0 Å². The smallest absolute Gasteiger partial charge is 0.191 e. The molecule has 0 aromatic carbocycles. The second-order valence-electron chi connectivity index (χ2n) is 4.89. The van der Waals surface area contributed by atoms with Crippen molar-refractivity contribution < 1.29 is 14.6 Å². The average Bonchev–Trinajstić information content (AvgIpc) is 2.86. The summed E-state index contributed by atoms with van der Waals surface area (Å²) < 4.78 is 10.5. The molecule has 6 nitrogen and oxygen atoms in total. The Hall–Kier alpha value is -0.120. The van der Waals surface area contributed by atoms with Gasteiger partial charge in [-0.2, -0.15) is 0 Å². The molecule has 0 aliphatic carbocycles. The Kier molecular flexibility index (Phi) is 11.5. The fraction of sp³-hybridized carbons (Fsp3) is 0.923. The van der Waals surface area contributed by atoms with Crippen LogP contribution in [0, 0.1) is 5.41 Å². The minimum atomic E-state index is -0.00163. The van der Waals surface area contributed by atoms with Crippen LogP contribution in [0.4, 0.5) is 0 Å². The van der Waals surface area contributed by atoms with Gasteiger partial charge in [0.05, 0.1) is 19.8 Å². The molecule has 0 radical (unpaired) electrons. The zero-order valence-electron chi connectivity index (χ0n) is 12.5. The van der Waals surface area contributed by atoms with Gasteiger partial charge in [-0.05, 0) is 19.8 Å². The van der Waals surface area contributed by atoms with E-state index in [1.54, 1.807) is 7.11 Å². The molecule has 1 aliphatic rings. The summed E-state index contributed by atoms with van der Waals surface area (Å²) in [6, 6.07) is 0. The highest BCUT2D eigenvalue weighted by Gasteiger charge is 2.34. The third kappa shape index (κ3) is 7.05. The lowest BCUT2D eigenvalue weighted by atomic mass is 9.84. The molecule has 1 rings (SSSR count). The van der Waals surface area contributed by atoms with Crippen LogP contribution in [0.2, 0.25) is 0 Å². The highest BCUT2D eigenvalue weighted by molar-refractivity contribution is 14.0. The van der Waals surface area contributed by atoms with Gasteiger partial charge in [0, 0.05) is 38.8 Å². The van der Waals surface area contributed by atoms with Crippen molar-refractivity contribution in [1.29, 1.82) is 0 Å². The number of halogens is 1. The molecule has 0 amide bonds. The second-order valence-corrected chi connectivity index (χ2v) is 4.89. The van der Waals surface area contributed by atoms with Crippen LogP contribution in [-0.2, 0) is 9.47 Å². The molecule has 0 aromatic rings. The van der Waals surface area contributed by atoms with Crippen molar-refractivity contribution in [2.45, 2.75) is 19.8 Å². The van der Waals surface area contributed by atoms with Crippen molar-refractivity contribution in [3.05, 3.63) is 0 Å². The summed E-state index contributed by atoms with van der Waals surface area (Å²) in [5.41, 5.74) is -0.00163. The van der Waals surface area contributed by atoms with Crippen molar-refractivity contribution in [2.75, 3.05) is 53.2 Å². The van der Waals surface area contributed by atoms with Crippen LogP contribution in [0.25, 0.3) is 0 Å². The third-order valence-corrected chi connectivity index (χ3v) is 3.34. The normalized spacial score (nSPS) is 22.4. The number of ether oxygens (including phenoxy) is 2. The summed E-state index contributed by atoms with van der Waals surface area (Å²) >= 11 is 0. The van der Waals surface area contributed by atoms with Gasteiger partial charge in [0.15, 0.2) is 5.96 Å². The van der Waals surface area contributed by atoms with Crippen molar-refractivity contribution in [3.63, 3.8) is 0 Å². The molecule has 0 bridgehead atoms. The van der Waals surface area contributed by atoms with E-state index in [4.69, 9.17) is 9.47 Å². The molecule has 0 saturated carbocycles. The zero-order chi connectivity index (χ0) is 14.0. The number of aliphatic imine (C=N–C) groups is 1. The molecule has 20 heavy (non-hydrogen) atoms. The van der Waals surface area contributed by atoms with E-state index in [1.165, 1.54) is 0 Å². The van der Waals surface area contributed by atoms with E-state index in [0.717, 1.165) is 38.5 Å². The van der Waals surface area contributed by atoms with Crippen molar-refractivity contribution in [2.24, 2.45) is 10.4 Å². The molecular formula is C13H28IN3O3. The Morgan fingerprint density at radius 2 is 2.25 bits per heavy atom. The summed E-state index contributed by atoms with van der Waals surface area (Å²) in [7, 11) is 1.68. The lowest BCUT2D eigenvalue weighted by Crippen LogP contribution is -2.40. The van der Waals surface area contributed by atoms with Crippen LogP contribution in [0.15, 0.2) is 4.99 Å². The average molecular weight is 401 g/mol. The number of guanidine groups is 1. The van der Waals surface area contributed by atoms with Gasteiger partial charge in [0.1, 0.15) is 0 Å². The zero-order valence-corrected chi connectivity index (χ0v) is 14.8. The monoisotopic (exact) mass is 401 g/mol.